The molecule has 1 aromatic heterocycles. The van der Waals surface area contributed by atoms with Gasteiger partial charge in [-0.1, -0.05) is 17.3 Å². The second-order valence-corrected chi connectivity index (χ2v) is 6.42. The highest BCUT2D eigenvalue weighted by Crippen LogP contribution is 2.21. The first-order chi connectivity index (χ1) is 12.1. The molecule has 0 radical (unpaired) electrons. The first-order valence-electron chi connectivity index (χ1n) is 8.61. The van der Waals surface area contributed by atoms with Crippen molar-refractivity contribution in [2.75, 3.05) is 20.1 Å². The third kappa shape index (κ3) is 4.04. The molecule has 0 saturated carbocycles. The van der Waals surface area contributed by atoms with Gasteiger partial charge in [-0.2, -0.15) is 4.98 Å². The van der Waals surface area contributed by atoms with Crippen molar-refractivity contribution in [2.24, 2.45) is 0 Å². The molecule has 1 unspecified atom stereocenters. The quantitative estimate of drug-likeness (QED) is 0.869. The zero-order valence-electron chi connectivity index (χ0n) is 14.6. The molecule has 1 aromatic carbocycles. The minimum Gasteiger partial charge on any atom is -0.339 e. The van der Waals surface area contributed by atoms with E-state index in [1.807, 2.05) is 11.9 Å². The number of likely N-dealkylation sites (tertiary alicyclic amines) is 1. The molecule has 0 bridgehead atoms. The molecule has 2 heterocycles. The SMILES string of the molecule is CNCC1CCCN1C(=O)CCc1nc(-c2ccc(C)c(F)c2)no1. The van der Waals surface area contributed by atoms with E-state index in [0.717, 1.165) is 25.9 Å². The monoisotopic (exact) mass is 346 g/mol. The smallest absolute Gasteiger partial charge is 0.227 e. The fourth-order valence-electron chi connectivity index (χ4n) is 3.17. The average Bonchev–Trinajstić information content (AvgIpc) is 3.25. The summed E-state index contributed by atoms with van der Waals surface area (Å²) in [5.41, 5.74) is 1.14. The zero-order valence-corrected chi connectivity index (χ0v) is 14.6. The summed E-state index contributed by atoms with van der Waals surface area (Å²) in [5.74, 6) is 0.548. The van der Waals surface area contributed by atoms with Gasteiger partial charge in [-0.15, -0.1) is 0 Å². The number of aryl methyl sites for hydroxylation is 2. The Morgan fingerprint density at radius 3 is 3.08 bits per heavy atom. The van der Waals surface area contributed by atoms with Gasteiger partial charge in [0.25, 0.3) is 0 Å². The molecule has 6 nitrogen and oxygen atoms in total. The molecule has 1 atom stereocenters. The third-order valence-electron chi connectivity index (χ3n) is 4.59. The molecule has 3 rings (SSSR count). The van der Waals surface area contributed by atoms with Crippen molar-refractivity contribution in [2.45, 2.75) is 38.6 Å². The van der Waals surface area contributed by atoms with Crippen LogP contribution >= 0.6 is 0 Å². The number of aromatic nitrogens is 2. The number of hydrogen-bond donors (Lipinski definition) is 1. The number of hydrogen-bond acceptors (Lipinski definition) is 5. The number of amides is 1. The molecule has 0 aliphatic carbocycles. The van der Waals surface area contributed by atoms with E-state index in [4.69, 9.17) is 4.52 Å². The van der Waals surface area contributed by atoms with Gasteiger partial charge in [-0.3, -0.25) is 4.79 Å². The van der Waals surface area contributed by atoms with Crippen LogP contribution < -0.4 is 5.32 Å². The summed E-state index contributed by atoms with van der Waals surface area (Å²) >= 11 is 0. The molecule has 1 N–H and O–H groups in total. The topological polar surface area (TPSA) is 71.3 Å². The highest BCUT2D eigenvalue weighted by molar-refractivity contribution is 5.77. The summed E-state index contributed by atoms with van der Waals surface area (Å²) in [4.78, 5) is 18.6. The van der Waals surface area contributed by atoms with Crippen molar-refractivity contribution < 1.29 is 13.7 Å². The first kappa shape index (κ1) is 17.5. The Bertz CT molecular complexity index is 746. The summed E-state index contributed by atoms with van der Waals surface area (Å²) in [6.07, 6.45) is 2.81. The number of carbonyl (C=O) groups is 1. The number of rotatable bonds is 6. The lowest BCUT2D eigenvalue weighted by Crippen LogP contribution is -2.40. The molecule has 25 heavy (non-hydrogen) atoms. The maximum absolute atomic E-state index is 13.7. The average molecular weight is 346 g/mol. The van der Waals surface area contributed by atoms with Gasteiger partial charge >= 0.3 is 0 Å². The van der Waals surface area contributed by atoms with E-state index in [2.05, 4.69) is 15.5 Å². The number of halogens is 1. The fourth-order valence-corrected chi connectivity index (χ4v) is 3.17. The highest BCUT2D eigenvalue weighted by Gasteiger charge is 2.28. The Labute approximate surface area is 146 Å². The summed E-state index contributed by atoms with van der Waals surface area (Å²) in [6.45, 7) is 3.32. The fraction of sp³-hybridized carbons (Fsp3) is 0.500. The van der Waals surface area contributed by atoms with Crippen LogP contribution in [0.4, 0.5) is 4.39 Å². The van der Waals surface area contributed by atoms with Crippen LogP contribution in [-0.2, 0) is 11.2 Å². The molecule has 134 valence electrons. The molecule has 1 fully saturated rings. The zero-order chi connectivity index (χ0) is 17.8. The van der Waals surface area contributed by atoms with E-state index in [1.54, 1.807) is 19.1 Å². The maximum Gasteiger partial charge on any atom is 0.227 e. The van der Waals surface area contributed by atoms with E-state index in [1.165, 1.54) is 6.07 Å². The van der Waals surface area contributed by atoms with Crippen molar-refractivity contribution in [3.8, 4) is 11.4 Å². The normalized spacial score (nSPS) is 17.2. The standard InChI is InChI=1S/C18H23FN4O2/c1-12-5-6-13(10-15(12)19)18-21-16(25-22-18)7-8-17(24)23-9-3-4-14(23)11-20-2/h5-6,10,14,20H,3-4,7-9,11H2,1-2H3. The summed E-state index contributed by atoms with van der Waals surface area (Å²) < 4.78 is 18.9. The molecule has 1 amide bonds. The van der Waals surface area contributed by atoms with Gasteiger partial charge in [-0.25, -0.2) is 4.39 Å². The van der Waals surface area contributed by atoms with Crippen LogP contribution in [0.3, 0.4) is 0 Å². The van der Waals surface area contributed by atoms with Gasteiger partial charge in [0.2, 0.25) is 17.6 Å². The van der Waals surface area contributed by atoms with E-state index in [0.29, 0.717) is 35.7 Å². The van der Waals surface area contributed by atoms with Crippen molar-refractivity contribution in [3.05, 3.63) is 35.5 Å². The maximum atomic E-state index is 13.7. The minimum absolute atomic E-state index is 0.110. The third-order valence-corrected chi connectivity index (χ3v) is 4.59. The Balaban J connectivity index is 1.60. The van der Waals surface area contributed by atoms with Crippen molar-refractivity contribution in [1.82, 2.24) is 20.4 Å². The van der Waals surface area contributed by atoms with Gasteiger partial charge < -0.3 is 14.7 Å². The number of nitrogens with one attached hydrogen (secondary N) is 1. The highest BCUT2D eigenvalue weighted by atomic mass is 19.1. The van der Waals surface area contributed by atoms with Crippen molar-refractivity contribution in [1.29, 1.82) is 0 Å². The van der Waals surface area contributed by atoms with Gasteiger partial charge in [0, 0.05) is 37.5 Å². The number of likely N-dealkylation sites (N-methyl/N-ethyl adjacent to an activating group) is 1. The van der Waals surface area contributed by atoms with Crippen LogP contribution in [0.15, 0.2) is 22.7 Å². The molecule has 7 heteroatoms. The number of carbonyl (C=O) groups excluding carboxylic acids is 1. The van der Waals surface area contributed by atoms with Crippen LogP contribution in [0.2, 0.25) is 0 Å². The van der Waals surface area contributed by atoms with Crippen molar-refractivity contribution >= 4 is 5.91 Å². The Morgan fingerprint density at radius 2 is 2.32 bits per heavy atom. The van der Waals surface area contributed by atoms with Crippen LogP contribution in [-0.4, -0.2) is 47.1 Å². The molecule has 0 spiro atoms. The van der Waals surface area contributed by atoms with E-state index >= 15 is 0 Å². The predicted octanol–water partition coefficient (Wildman–Crippen LogP) is 2.33. The van der Waals surface area contributed by atoms with Gasteiger partial charge in [0.1, 0.15) is 5.82 Å². The van der Waals surface area contributed by atoms with Gasteiger partial charge in [-0.05, 0) is 38.4 Å². The van der Waals surface area contributed by atoms with Gasteiger partial charge in [0.05, 0.1) is 0 Å². The molecular weight excluding hydrogens is 323 g/mol. The van der Waals surface area contributed by atoms with Crippen LogP contribution in [0.1, 0.15) is 30.7 Å². The Morgan fingerprint density at radius 1 is 1.48 bits per heavy atom. The largest absolute Gasteiger partial charge is 0.339 e. The van der Waals surface area contributed by atoms with Crippen LogP contribution in [0.5, 0.6) is 0 Å². The van der Waals surface area contributed by atoms with Crippen LogP contribution in [0.25, 0.3) is 11.4 Å². The Kier molecular flexibility index (Phi) is 5.43. The van der Waals surface area contributed by atoms with E-state index < -0.39 is 0 Å². The summed E-state index contributed by atoms with van der Waals surface area (Å²) in [7, 11) is 1.90. The first-order valence-corrected chi connectivity index (χ1v) is 8.61. The molecule has 1 aliphatic heterocycles. The summed E-state index contributed by atoms with van der Waals surface area (Å²) in [5, 5.41) is 7.02. The van der Waals surface area contributed by atoms with Gasteiger partial charge in [0.15, 0.2) is 0 Å². The molecule has 1 saturated heterocycles. The molecule has 1 aliphatic rings. The number of nitrogens with zero attached hydrogens (tertiary/aromatic N) is 3. The lowest BCUT2D eigenvalue weighted by molar-refractivity contribution is -0.132. The molecular formula is C18H23FN4O2. The van der Waals surface area contributed by atoms with E-state index in [-0.39, 0.29) is 17.8 Å². The van der Waals surface area contributed by atoms with Crippen molar-refractivity contribution in [3.63, 3.8) is 0 Å². The second-order valence-electron chi connectivity index (χ2n) is 6.42. The predicted molar refractivity (Wildman–Crippen MR) is 91.4 cm³/mol. The lowest BCUT2D eigenvalue weighted by atomic mass is 10.1. The van der Waals surface area contributed by atoms with Crippen LogP contribution in [0, 0.1) is 12.7 Å². The summed E-state index contributed by atoms with van der Waals surface area (Å²) in [6, 6.07) is 5.10. The minimum atomic E-state index is -0.302. The van der Waals surface area contributed by atoms with E-state index in [9.17, 15) is 9.18 Å². The lowest BCUT2D eigenvalue weighted by Gasteiger charge is -2.24. The Hall–Kier alpha value is -2.28. The number of benzene rings is 1. The second kappa shape index (κ2) is 7.74. The molecule has 2 aromatic rings.